The van der Waals surface area contributed by atoms with E-state index in [4.69, 9.17) is 21.1 Å². The number of halogens is 1. The quantitative estimate of drug-likeness (QED) is 0.775. The molecule has 5 heteroatoms. The Morgan fingerprint density at radius 1 is 1.37 bits per heavy atom. The highest BCUT2D eigenvalue weighted by molar-refractivity contribution is 6.29. The van der Waals surface area contributed by atoms with Crippen LogP contribution in [0.4, 0.5) is 0 Å². The van der Waals surface area contributed by atoms with Crippen LogP contribution in [0.5, 0.6) is 5.88 Å². The predicted octanol–water partition coefficient (Wildman–Crippen LogP) is 3.62. The summed E-state index contributed by atoms with van der Waals surface area (Å²) in [5, 5.41) is 0.403. The van der Waals surface area contributed by atoms with Gasteiger partial charge in [-0.05, 0) is 25.2 Å². The standard InChI is InChI=1S/C14H21ClN2O2/c1-3-10-5-4-6-11(7-10)19-14-8-12(15)16-13(17-14)9-18-2/h8,10-11H,3-7,9H2,1-2H3. The van der Waals surface area contributed by atoms with E-state index in [1.807, 2.05) is 0 Å². The average Bonchev–Trinajstić information content (AvgIpc) is 2.38. The van der Waals surface area contributed by atoms with Crippen LogP contribution in [0.1, 0.15) is 44.9 Å². The van der Waals surface area contributed by atoms with Crippen molar-refractivity contribution in [1.29, 1.82) is 0 Å². The van der Waals surface area contributed by atoms with Crippen LogP contribution in [-0.2, 0) is 11.3 Å². The molecule has 106 valence electrons. The van der Waals surface area contributed by atoms with Crippen LogP contribution >= 0.6 is 11.6 Å². The topological polar surface area (TPSA) is 44.2 Å². The minimum absolute atomic E-state index is 0.250. The average molecular weight is 285 g/mol. The van der Waals surface area contributed by atoms with Gasteiger partial charge in [0.05, 0.1) is 0 Å². The summed E-state index contributed by atoms with van der Waals surface area (Å²) in [7, 11) is 1.61. The molecular weight excluding hydrogens is 264 g/mol. The molecule has 4 nitrogen and oxygen atoms in total. The Morgan fingerprint density at radius 3 is 2.95 bits per heavy atom. The zero-order valence-electron chi connectivity index (χ0n) is 11.6. The first-order chi connectivity index (χ1) is 9.21. The fraction of sp³-hybridized carbons (Fsp3) is 0.714. The summed E-state index contributed by atoms with van der Waals surface area (Å²) in [6.07, 6.45) is 6.22. The molecule has 1 saturated carbocycles. The molecule has 1 aromatic rings. The van der Waals surface area contributed by atoms with Crippen molar-refractivity contribution < 1.29 is 9.47 Å². The van der Waals surface area contributed by atoms with Gasteiger partial charge in [-0.3, -0.25) is 0 Å². The van der Waals surface area contributed by atoms with Gasteiger partial charge in [0, 0.05) is 13.2 Å². The van der Waals surface area contributed by atoms with Crippen LogP contribution in [0, 0.1) is 5.92 Å². The molecule has 0 aromatic carbocycles. The second-order valence-electron chi connectivity index (χ2n) is 5.06. The summed E-state index contributed by atoms with van der Waals surface area (Å²) in [5.74, 6) is 1.90. The first-order valence-corrected chi connectivity index (χ1v) is 7.28. The Hall–Kier alpha value is -0.870. The van der Waals surface area contributed by atoms with Gasteiger partial charge in [-0.15, -0.1) is 0 Å². The summed E-state index contributed by atoms with van der Waals surface area (Å²) >= 11 is 5.97. The lowest BCUT2D eigenvalue weighted by atomic mass is 9.85. The molecule has 19 heavy (non-hydrogen) atoms. The minimum atomic E-state index is 0.250. The summed E-state index contributed by atoms with van der Waals surface area (Å²) in [5.41, 5.74) is 0. The Balaban J connectivity index is 2.01. The number of hydrogen-bond donors (Lipinski definition) is 0. The highest BCUT2D eigenvalue weighted by Gasteiger charge is 2.22. The van der Waals surface area contributed by atoms with E-state index in [0.717, 1.165) is 18.8 Å². The lowest BCUT2D eigenvalue weighted by Crippen LogP contribution is -2.25. The number of nitrogens with zero attached hydrogens (tertiary/aromatic N) is 2. The van der Waals surface area contributed by atoms with E-state index in [2.05, 4.69) is 16.9 Å². The smallest absolute Gasteiger partial charge is 0.218 e. The highest BCUT2D eigenvalue weighted by atomic mass is 35.5. The summed E-state index contributed by atoms with van der Waals surface area (Å²) in [4.78, 5) is 8.42. The van der Waals surface area contributed by atoms with Crippen molar-refractivity contribution in [3.8, 4) is 5.88 Å². The maximum atomic E-state index is 5.97. The minimum Gasteiger partial charge on any atom is -0.474 e. The molecule has 0 amide bonds. The van der Waals surface area contributed by atoms with E-state index in [0.29, 0.717) is 23.5 Å². The van der Waals surface area contributed by atoms with Gasteiger partial charge in [0.2, 0.25) is 5.88 Å². The Labute approximate surface area is 119 Å². The maximum Gasteiger partial charge on any atom is 0.218 e. The van der Waals surface area contributed by atoms with Gasteiger partial charge in [0.1, 0.15) is 17.9 Å². The zero-order chi connectivity index (χ0) is 13.7. The van der Waals surface area contributed by atoms with Crippen LogP contribution in [0.2, 0.25) is 5.15 Å². The first-order valence-electron chi connectivity index (χ1n) is 6.90. The third-order valence-corrected chi connectivity index (χ3v) is 3.78. The van der Waals surface area contributed by atoms with Gasteiger partial charge >= 0.3 is 0 Å². The monoisotopic (exact) mass is 284 g/mol. The SMILES string of the molecule is CCC1CCCC(Oc2cc(Cl)nc(COC)n2)C1. The van der Waals surface area contributed by atoms with Crippen LogP contribution in [0.15, 0.2) is 6.07 Å². The number of rotatable bonds is 5. The lowest BCUT2D eigenvalue weighted by molar-refractivity contribution is 0.115. The van der Waals surface area contributed by atoms with Crippen LogP contribution in [0.3, 0.4) is 0 Å². The van der Waals surface area contributed by atoms with E-state index in [-0.39, 0.29) is 6.10 Å². The molecule has 0 aliphatic heterocycles. The number of methoxy groups -OCH3 is 1. The highest BCUT2D eigenvalue weighted by Crippen LogP contribution is 2.29. The molecule has 0 saturated heterocycles. The molecule has 0 N–H and O–H groups in total. The molecule has 1 aliphatic rings. The van der Waals surface area contributed by atoms with Crippen LogP contribution < -0.4 is 4.74 Å². The normalized spacial score (nSPS) is 23.3. The molecule has 2 unspecified atom stereocenters. The Bertz CT molecular complexity index is 414. The van der Waals surface area contributed by atoms with Crippen molar-refractivity contribution in [1.82, 2.24) is 9.97 Å². The molecule has 2 rings (SSSR count). The van der Waals surface area contributed by atoms with Crippen molar-refractivity contribution in [2.24, 2.45) is 5.92 Å². The zero-order valence-corrected chi connectivity index (χ0v) is 12.3. The molecule has 1 fully saturated rings. The van der Waals surface area contributed by atoms with Gasteiger partial charge in [-0.1, -0.05) is 31.4 Å². The molecule has 0 radical (unpaired) electrons. The van der Waals surface area contributed by atoms with Crippen molar-refractivity contribution in [2.45, 2.75) is 51.7 Å². The van der Waals surface area contributed by atoms with E-state index >= 15 is 0 Å². The molecular formula is C14H21ClN2O2. The van der Waals surface area contributed by atoms with Gasteiger partial charge in [0.15, 0.2) is 5.82 Å². The Kier molecular flexibility index (Phi) is 5.40. The molecule has 1 aliphatic carbocycles. The number of ether oxygens (including phenoxy) is 2. The fourth-order valence-corrected chi connectivity index (χ4v) is 2.78. The molecule has 0 spiro atoms. The first kappa shape index (κ1) is 14.5. The van der Waals surface area contributed by atoms with Crippen molar-refractivity contribution in [2.75, 3.05) is 7.11 Å². The van der Waals surface area contributed by atoms with Crippen LogP contribution in [0.25, 0.3) is 0 Å². The lowest BCUT2D eigenvalue weighted by Gasteiger charge is -2.28. The molecule has 1 heterocycles. The van der Waals surface area contributed by atoms with Gasteiger partial charge < -0.3 is 9.47 Å². The fourth-order valence-electron chi connectivity index (χ4n) is 2.59. The van der Waals surface area contributed by atoms with Crippen molar-refractivity contribution >= 4 is 11.6 Å². The third kappa shape index (κ3) is 4.32. The van der Waals surface area contributed by atoms with Gasteiger partial charge in [-0.2, -0.15) is 4.98 Å². The predicted molar refractivity (Wildman–Crippen MR) is 74.4 cm³/mol. The number of hydrogen-bond acceptors (Lipinski definition) is 4. The van der Waals surface area contributed by atoms with Crippen molar-refractivity contribution in [3.63, 3.8) is 0 Å². The van der Waals surface area contributed by atoms with Crippen molar-refractivity contribution in [3.05, 3.63) is 17.0 Å². The van der Waals surface area contributed by atoms with E-state index in [9.17, 15) is 0 Å². The summed E-state index contributed by atoms with van der Waals surface area (Å²) in [6.45, 7) is 2.59. The molecule has 2 atom stereocenters. The van der Waals surface area contributed by atoms with Gasteiger partial charge in [-0.25, -0.2) is 4.98 Å². The van der Waals surface area contributed by atoms with E-state index < -0.39 is 0 Å². The second kappa shape index (κ2) is 7.06. The second-order valence-corrected chi connectivity index (χ2v) is 5.45. The van der Waals surface area contributed by atoms with Crippen LogP contribution in [-0.4, -0.2) is 23.2 Å². The van der Waals surface area contributed by atoms with Gasteiger partial charge in [0.25, 0.3) is 0 Å². The number of aromatic nitrogens is 2. The largest absolute Gasteiger partial charge is 0.474 e. The third-order valence-electron chi connectivity index (χ3n) is 3.59. The maximum absolute atomic E-state index is 5.97. The van der Waals surface area contributed by atoms with E-state index in [1.54, 1.807) is 13.2 Å². The molecule has 1 aromatic heterocycles. The molecule has 0 bridgehead atoms. The summed E-state index contributed by atoms with van der Waals surface area (Å²) < 4.78 is 11.0. The Morgan fingerprint density at radius 2 is 2.21 bits per heavy atom. The van der Waals surface area contributed by atoms with E-state index in [1.165, 1.54) is 19.3 Å². The summed E-state index contributed by atoms with van der Waals surface area (Å²) in [6, 6.07) is 1.68.